The van der Waals surface area contributed by atoms with Gasteiger partial charge in [-0.1, -0.05) is 6.92 Å². The molecule has 22 heavy (non-hydrogen) atoms. The number of rotatable bonds is 4. The van der Waals surface area contributed by atoms with E-state index in [1.165, 1.54) is 0 Å². The maximum Gasteiger partial charge on any atom is 0.228 e. The minimum Gasteiger partial charge on any atom is -0.339 e. The summed E-state index contributed by atoms with van der Waals surface area (Å²) in [7, 11) is 0. The second-order valence-electron chi connectivity index (χ2n) is 6.29. The molecule has 6 heteroatoms. The van der Waals surface area contributed by atoms with Crippen molar-refractivity contribution in [2.75, 3.05) is 19.6 Å². The van der Waals surface area contributed by atoms with Crippen LogP contribution >= 0.6 is 11.3 Å². The first-order valence-electron chi connectivity index (χ1n) is 8.07. The van der Waals surface area contributed by atoms with Gasteiger partial charge in [-0.15, -0.1) is 11.3 Å². The zero-order valence-electron chi connectivity index (χ0n) is 13.2. The molecule has 0 N–H and O–H groups in total. The summed E-state index contributed by atoms with van der Waals surface area (Å²) >= 11 is 1.57. The second kappa shape index (κ2) is 6.36. The van der Waals surface area contributed by atoms with E-state index in [4.69, 9.17) is 0 Å². The highest BCUT2D eigenvalue weighted by atomic mass is 32.1. The number of hydrogen-bond donors (Lipinski definition) is 0. The van der Waals surface area contributed by atoms with Crippen LogP contribution < -0.4 is 0 Å². The van der Waals surface area contributed by atoms with Crippen LogP contribution in [-0.4, -0.2) is 52.3 Å². The molecule has 120 valence electrons. The highest BCUT2D eigenvalue weighted by Gasteiger charge is 2.41. The Kier molecular flexibility index (Phi) is 4.47. The van der Waals surface area contributed by atoms with Crippen LogP contribution in [0.25, 0.3) is 0 Å². The van der Waals surface area contributed by atoms with E-state index in [9.17, 15) is 9.59 Å². The summed E-state index contributed by atoms with van der Waals surface area (Å²) < 4.78 is 0. The Morgan fingerprint density at radius 1 is 1.41 bits per heavy atom. The van der Waals surface area contributed by atoms with Crippen LogP contribution in [0.4, 0.5) is 0 Å². The third-order valence-electron chi connectivity index (χ3n) is 4.61. The molecule has 3 aliphatic rings. The zero-order valence-corrected chi connectivity index (χ0v) is 14.1. The van der Waals surface area contributed by atoms with Crippen LogP contribution in [-0.2, 0) is 16.0 Å². The molecule has 0 unspecified atom stereocenters. The van der Waals surface area contributed by atoms with Crippen LogP contribution in [0.3, 0.4) is 0 Å². The van der Waals surface area contributed by atoms with Crippen molar-refractivity contribution in [3.8, 4) is 0 Å². The molecule has 3 fully saturated rings. The van der Waals surface area contributed by atoms with E-state index in [1.807, 2.05) is 22.1 Å². The Labute approximate surface area is 135 Å². The summed E-state index contributed by atoms with van der Waals surface area (Å²) in [6.07, 6.45) is 3.27. The zero-order chi connectivity index (χ0) is 15.7. The van der Waals surface area contributed by atoms with E-state index in [2.05, 4.69) is 11.9 Å². The molecule has 4 heterocycles. The fourth-order valence-electron chi connectivity index (χ4n) is 3.54. The molecule has 0 saturated carbocycles. The van der Waals surface area contributed by atoms with Gasteiger partial charge in [0.25, 0.3) is 0 Å². The van der Waals surface area contributed by atoms with E-state index in [0.717, 1.165) is 36.5 Å². The Morgan fingerprint density at radius 2 is 2.23 bits per heavy atom. The first-order valence-corrected chi connectivity index (χ1v) is 8.95. The molecule has 1 aromatic rings. The minimum absolute atomic E-state index is 0.00794. The number of hydrogen-bond acceptors (Lipinski definition) is 4. The van der Waals surface area contributed by atoms with Gasteiger partial charge < -0.3 is 9.80 Å². The molecular formula is C16H23N3O2S. The van der Waals surface area contributed by atoms with Crippen LogP contribution in [0, 0.1) is 12.8 Å². The molecule has 2 amide bonds. The Bertz CT molecular complexity index is 571. The summed E-state index contributed by atoms with van der Waals surface area (Å²) in [4.78, 5) is 33.4. The van der Waals surface area contributed by atoms with Gasteiger partial charge in [0.05, 0.1) is 23.0 Å². The molecule has 5 nitrogen and oxygen atoms in total. The van der Waals surface area contributed by atoms with Crippen molar-refractivity contribution in [3.63, 3.8) is 0 Å². The second-order valence-corrected chi connectivity index (χ2v) is 7.36. The van der Waals surface area contributed by atoms with Crippen LogP contribution in [0.1, 0.15) is 36.9 Å². The van der Waals surface area contributed by atoms with Gasteiger partial charge in [-0.25, -0.2) is 4.98 Å². The number of carbonyl (C=O) groups excluding carboxylic acids is 2. The monoisotopic (exact) mass is 321 g/mol. The molecule has 0 aromatic carbocycles. The van der Waals surface area contributed by atoms with Crippen molar-refractivity contribution in [3.05, 3.63) is 16.1 Å². The number of fused-ring (bicyclic) bond motifs is 4. The summed E-state index contributed by atoms with van der Waals surface area (Å²) in [6.45, 7) is 6.13. The molecule has 4 rings (SSSR count). The fourth-order valence-corrected chi connectivity index (χ4v) is 4.15. The van der Waals surface area contributed by atoms with E-state index >= 15 is 0 Å². The highest BCUT2D eigenvalue weighted by Crippen LogP contribution is 2.29. The average Bonchev–Trinajstić information content (AvgIpc) is 2.72. The largest absolute Gasteiger partial charge is 0.339 e. The van der Waals surface area contributed by atoms with Gasteiger partial charge in [0, 0.05) is 31.1 Å². The lowest BCUT2D eigenvalue weighted by Crippen LogP contribution is -2.48. The van der Waals surface area contributed by atoms with Gasteiger partial charge >= 0.3 is 0 Å². The number of amides is 2. The molecule has 0 spiro atoms. The summed E-state index contributed by atoms with van der Waals surface area (Å²) in [6, 6.07) is 0.201. The molecular weight excluding hydrogens is 298 g/mol. The van der Waals surface area contributed by atoms with Gasteiger partial charge in [0.2, 0.25) is 11.8 Å². The summed E-state index contributed by atoms with van der Waals surface area (Å²) in [5, 5.41) is 2.94. The van der Waals surface area contributed by atoms with Gasteiger partial charge in [-0.2, -0.15) is 0 Å². The standard InChI is InChI=1S/C16H23N3O2S/c1-3-6-19-14-5-4-12(16(19)21)8-18(9-14)15(20)7-13-10-22-11(2)17-13/h10,12,14H,3-9H2,1-2H3/t12-,14+/m1/s1. The highest BCUT2D eigenvalue weighted by molar-refractivity contribution is 7.09. The average molecular weight is 321 g/mol. The fraction of sp³-hybridized carbons (Fsp3) is 0.688. The van der Waals surface area contributed by atoms with E-state index in [-0.39, 0.29) is 23.8 Å². The van der Waals surface area contributed by atoms with E-state index < -0.39 is 0 Å². The molecule has 3 saturated heterocycles. The lowest BCUT2D eigenvalue weighted by atomic mass is 9.94. The third-order valence-corrected chi connectivity index (χ3v) is 5.43. The van der Waals surface area contributed by atoms with Gasteiger partial charge in [0.1, 0.15) is 0 Å². The quantitative estimate of drug-likeness (QED) is 0.850. The normalized spacial score (nSPS) is 24.7. The van der Waals surface area contributed by atoms with Crippen LogP contribution in [0.15, 0.2) is 5.38 Å². The molecule has 3 aliphatic heterocycles. The Balaban J connectivity index is 1.70. The SMILES string of the molecule is CCCN1C(=O)[C@@H]2CC[C@H]1CN(C(=O)Cc1csc(C)n1)C2. The topological polar surface area (TPSA) is 53.5 Å². The lowest BCUT2D eigenvalue weighted by molar-refractivity contribution is -0.139. The predicted molar refractivity (Wildman–Crippen MR) is 85.7 cm³/mol. The first kappa shape index (κ1) is 15.5. The number of thiazole rings is 1. The molecule has 1 aromatic heterocycles. The molecule has 2 atom stereocenters. The molecule has 0 aliphatic carbocycles. The van der Waals surface area contributed by atoms with Crippen LogP contribution in [0.2, 0.25) is 0 Å². The predicted octanol–water partition coefficient (Wildman–Crippen LogP) is 1.85. The lowest BCUT2D eigenvalue weighted by Gasteiger charge is -2.35. The smallest absolute Gasteiger partial charge is 0.228 e. The van der Waals surface area contributed by atoms with Gasteiger partial charge in [-0.05, 0) is 26.2 Å². The van der Waals surface area contributed by atoms with Crippen molar-refractivity contribution in [1.29, 1.82) is 0 Å². The van der Waals surface area contributed by atoms with Crippen molar-refractivity contribution < 1.29 is 9.59 Å². The minimum atomic E-state index is -0.00794. The molecule has 0 radical (unpaired) electrons. The Hall–Kier alpha value is -1.43. The van der Waals surface area contributed by atoms with Crippen molar-refractivity contribution in [2.45, 2.75) is 45.6 Å². The van der Waals surface area contributed by atoms with Crippen molar-refractivity contribution >= 4 is 23.2 Å². The molecule has 2 bridgehead atoms. The maximum atomic E-state index is 12.6. The van der Waals surface area contributed by atoms with Gasteiger partial charge in [0.15, 0.2) is 0 Å². The van der Waals surface area contributed by atoms with Crippen LogP contribution in [0.5, 0.6) is 0 Å². The number of nitrogens with zero attached hydrogens (tertiary/aromatic N) is 3. The van der Waals surface area contributed by atoms with Gasteiger partial charge in [-0.3, -0.25) is 9.59 Å². The number of aromatic nitrogens is 1. The van der Waals surface area contributed by atoms with Crippen molar-refractivity contribution in [2.24, 2.45) is 5.92 Å². The third kappa shape index (κ3) is 3.02. The number of carbonyl (C=O) groups is 2. The Morgan fingerprint density at radius 3 is 2.91 bits per heavy atom. The first-order chi connectivity index (χ1) is 10.6. The summed E-state index contributed by atoms with van der Waals surface area (Å²) in [5.74, 6) is 0.345. The summed E-state index contributed by atoms with van der Waals surface area (Å²) in [5.41, 5.74) is 0.848. The van der Waals surface area contributed by atoms with E-state index in [1.54, 1.807) is 11.3 Å². The number of piperidine rings is 1. The number of aryl methyl sites for hydroxylation is 1. The maximum absolute atomic E-state index is 12.6. The van der Waals surface area contributed by atoms with E-state index in [0.29, 0.717) is 19.5 Å². The van der Waals surface area contributed by atoms with Crippen molar-refractivity contribution in [1.82, 2.24) is 14.8 Å².